The molecule has 0 heterocycles. The van der Waals surface area contributed by atoms with Gasteiger partial charge in [0.2, 0.25) is 0 Å². The van der Waals surface area contributed by atoms with Gasteiger partial charge >= 0.3 is 0 Å². The maximum atomic E-state index is 14.9. The van der Waals surface area contributed by atoms with Crippen molar-refractivity contribution >= 4 is 23.8 Å². The quantitative estimate of drug-likeness (QED) is 0.268. The highest BCUT2D eigenvalue weighted by Gasteiger charge is 2.35. The number of rotatable bonds is 11. The fraction of sp³-hybridized carbons (Fsp3) is 0.286. The molecule has 0 aliphatic carbocycles. The van der Waals surface area contributed by atoms with E-state index in [2.05, 4.69) is 6.92 Å². The molecule has 0 aliphatic rings. The SMILES string of the molecule is CCCCCCCC(O)/C(=C\c1ccccc1)P(=O)(c1ccccc1)c1ccccc1. The van der Waals surface area contributed by atoms with Gasteiger partial charge in [0.15, 0.2) is 7.14 Å². The lowest BCUT2D eigenvalue weighted by molar-refractivity contribution is 0.204. The van der Waals surface area contributed by atoms with Crippen LogP contribution < -0.4 is 10.6 Å². The van der Waals surface area contributed by atoms with Gasteiger partial charge in [-0.1, -0.05) is 130 Å². The second-order valence-corrected chi connectivity index (χ2v) is 10.7. The number of unbranched alkanes of at least 4 members (excludes halogenated alkanes) is 4. The Morgan fingerprint density at radius 3 is 1.77 bits per heavy atom. The van der Waals surface area contributed by atoms with Crippen molar-refractivity contribution in [3.05, 3.63) is 102 Å². The standard InChI is InChI=1S/C28H33O2P/c1-2-3-4-5-15-22-27(29)28(23-24-16-9-6-10-17-24)31(30,25-18-11-7-12-19-25)26-20-13-8-14-21-26/h6-14,16-21,23,27,29H,2-5,15,22H2,1H3/b28-23+. The van der Waals surface area contributed by atoms with Crippen LogP contribution in [0.15, 0.2) is 96.3 Å². The monoisotopic (exact) mass is 432 g/mol. The first-order valence-electron chi connectivity index (χ1n) is 11.3. The van der Waals surface area contributed by atoms with Crippen molar-refractivity contribution in [1.29, 1.82) is 0 Å². The molecule has 1 unspecified atom stereocenters. The topological polar surface area (TPSA) is 37.3 Å². The smallest absolute Gasteiger partial charge is 0.169 e. The molecule has 3 rings (SSSR count). The van der Waals surface area contributed by atoms with Crippen molar-refractivity contribution in [1.82, 2.24) is 0 Å². The van der Waals surface area contributed by atoms with Crippen LogP contribution in [0.2, 0.25) is 0 Å². The van der Waals surface area contributed by atoms with Crippen LogP contribution in [0, 0.1) is 0 Å². The van der Waals surface area contributed by atoms with Gasteiger partial charge in [-0.15, -0.1) is 0 Å². The Hall–Kier alpha value is -2.41. The molecule has 0 spiro atoms. The largest absolute Gasteiger partial charge is 0.388 e. The Morgan fingerprint density at radius 1 is 0.774 bits per heavy atom. The van der Waals surface area contributed by atoms with E-state index in [9.17, 15) is 9.67 Å². The number of aliphatic hydroxyl groups is 1. The van der Waals surface area contributed by atoms with Crippen molar-refractivity contribution in [2.75, 3.05) is 0 Å². The summed E-state index contributed by atoms with van der Waals surface area (Å²) in [6, 6.07) is 29.1. The van der Waals surface area contributed by atoms with E-state index in [1.807, 2.05) is 97.1 Å². The Balaban J connectivity index is 2.06. The molecule has 0 amide bonds. The van der Waals surface area contributed by atoms with Gasteiger partial charge in [-0.3, -0.25) is 0 Å². The fourth-order valence-electron chi connectivity index (χ4n) is 3.93. The Morgan fingerprint density at radius 2 is 1.26 bits per heavy atom. The summed E-state index contributed by atoms with van der Waals surface area (Å²) >= 11 is 0. The van der Waals surface area contributed by atoms with Crippen molar-refractivity contribution in [3.63, 3.8) is 0 Å². The van der Waals surface area contributed by atoms with Crippen LogP contribution in [-0.2, 0) is 4.57 Å². The third kappa shape index (κ3) is 6.06. The van der Waals surface area contributed by atoms with E-state index in [4.69, 9.17) is 0 Å². The maximum Gasteiger partial charge on any atom is 0.169 e. The van der Waals surface area contributed by atoms with Crippen molar-refractivity contribution in [2.24, 2.45) is 0 Å². The molecule has 0 saturated carbocycles. The summed E-state index contributed by atoms with van der Waals surface area (Å²) in [5.41, 5.74) is 0.953. The molecule has 1 N–H and O–H groups in total. The summed E-state index contributed by atoms with van der Waals surface area (Å²) in [4.78, 5) is 0. The van der Waals surface area contributed by atoms with Crippen LogP contribution >= 0.6 is 7.14 Å². The zero-order valence-electron chi connectivity index (χ0n) is 18.4. The lowest BCUT2D eigenvalue weighted by Gasteiger charge is -2.26. The minimum atomic E-state index is -3.21. The second-order valence-electron chi connectivity index (χ2n) is 7.98. The van der Waals surface area contributed by atoms with E-state index in [0.717, 1.165) is 29.0 Å². The minimum Gasteiger partial charge on any atom is -0.388 e. The van der Waals surface area contributed by atoms with E-state index in [1.54, 1.807) is 0 Å². The number of hydrogen-bond acceptors (Lipinski definition) is 2. The predicted molar refractivity (Wildman–Crippen MR) is 134 cm³/mol. The summed E-state index contributed by atoms with van der Waals surface area (Å²) in [6.45, 7) is 2.20. The summed E-state index contributed by atoms with van der Waals surface area (Å²) in [5.74, 6) is 0. The lowest BCUT2D eigenvalue weighted by Crippen LogP contribution is -2.23. The van der Waals surface area contributed by atoms with Gasteiger partial charge < -0.3 is 9.67 Å². The number of benzene rings is 3. The van der Waals surface area contributed by atoms with E-state index in [0.29, 0.717) is 11.7 Å². The lowest BCUT2D eigenvalue weighted by atomic mass is 10.1. The fourth-order valence-corrected chi connectivity index (χ4v) is 6.89. The zero-order chi connectivity index (χ0) is 21.9. The van der Waals surface area contributed by atoms with Crippen LogP contribution in [0.4, 0.5) is 0 Å². The molecule has 162 valence electrons. The Labute approximate surface area is 187 Å². The third-order valence-electron chi connectivity index (χ3n) is 5.64. The van der Waals surface area contributed by atoms with Gasteiger partial charge in [0.1, 0.15) is 0 Å². The molecule has 1 atom stereocenters. The van der Waals surface area contributed by atoms with Crippen molar-refractivity contribution in [2.45, 2.75) is 51.6 Å². The first-order chi connectivity index (χ1) is 15.2. The summed E-state index contributed by atoms with van der Waals surface area (Å²) in [7, 11) is -3.21. The van der Waals surface area contributed by atoms with Gasteiger partial charge in [-0.05, 0) is 18.1 Å². The van der Waals surface area contributed by atoms with Gasteiger partial charge in [0.25, 0.3) is 0 Å². The van der Waals surface area contributed by atoms with E-state index < -0.39 is 13.2 Å². The normalized spacial score (nSPS) is 13.2. The Kier molecular flexibility index (Phi) is 8.88. The average molecular weight is 433 g/mol. The van der Waals surface area contributed by atoms with E-state index in [1.165, 1.54) is 19.3 Å². The van der Waals surface area contributed by atoms with Crippen LogP contribution in [0.3, 0.4) is 0 Å². The molecule has 3 heteroatoms. The van der Waals surface area contributed by atoms with Crippen molar-refractivity contribution in [3.8, 4) is 0 Å². The molecule has 0 radical (unpaired) electrons. The molecule has 0 aromatic heterocycles. The van der Waals surface area contributed by atoms with E-state index >= 15 is 0 Å². The van der Waals surface area contributed by atoms with Gasteiger partial charge in [-0.25, -0.2) is 0 Å². The molecule has 31 heavy (non-hydrogen) atoms. The summed E-state index contributed by atoms with van der Waals surface area (Å²) in [6.07, 6.45) is 7.41. The highest BCUT2D eigenvalue weighted by molar-refractivity contribution is 7.82. The first-order valence-corrected chi connectivity index (χ1v) is 13.0. The number of aliphatic hydroxyl groups excluding tert-OH is 1. The van der Waals surface area contributed by atoms with Crippen LogP contribution in [-0.4, -0.2) is 11.2 Å². The minimum absolute atomic E-state index is 0.617. The van der Waals surface area contributed by atoms with Gasteiger partial charge in [0.05, 0.1) is 6.10 Å². The molecule has 0 fully saturated rings. The predicted octanol–water partition coefficient (Wildman–Crippen LogP) is 6.76. The van der Waals surface area contributed by atoms with Crippen molar-refractivity contribution < 1.29 is 9.67 Å². The highest BCUT2D eigenvalue weighted by atomic mass is 31.2. The first kappa shape index (κ1) is 23.3. The average Bonchev–Trinajstić information content (AvgIpc) is 2.83. The molecule has 0 bridgehead atoms. The van der Waals surface area contributed by atoms with E-state index in [-0.39, 0.29) is 0 Å². The summed E-state index contributed by atoms with van der Waals surface area (Å²) in [5, 5.41) is 13.5. The molecule has 2 nitrogen and oxygen atoms in total. The molecule has 3 aromatic carbocycles. The van der Waals surface area contributed by atoms with Gasteiger partial charge in [-0.2, -0.15) is 0 Å². The van der Waals surface area contributed by atoms with Crippen LogP contribution in [0.25, 0.3) is 6.08 Å². The van der Waals surface area contributed by atoms with Crippen LogP contribution in [0.5, 0.6) is 0 Å². The maximum absolute atomic E-state index is 14.9. The molecule has 0 saturated heterocycles. The molecule has 3 aromatic rings. The molecular weight excluding hydrogens is 399 g/mol. The van der Waals surface area contributed by atoms with Crippen LogP contribution in [0.1, 0.15) is 51.0 Å². The molecular formula is C28H33O2P. The molecule has 0 aliphatic heterocycles. The zero-order valence-corrected chi connectivity index (χ0v) is 19.3. The summed E-state index contributed by atoms with van der Waals surface area (Å²) < 4.78 is 14.9. The highest BCUT2D eigenvalue weighted by Crippen LogP contribution is 2.54. The second kappa shape index (κ2) is 11.8. The Bertz CT molecular complexity index is 938. The third-order valence-corrected chi connectivity index (χ3v) is 8.84. The van der Waals surface area contributed by atoms with Gasteiger partial charge in [0, 0.05) is 15.9 Å². The number of hydrogen-bond donors (Lipinski definition) is 1.